The van der Waals surface area contributed by atoms with Crippen molar-refractivity contribution in [3.8, 4) is 11.3 Å². The summed E-state index contributed by atoms with van der Waals surface area (Å²) in [5.74, 6) is 0.507. The molecule has 18 heavy (non-hydrogen) atoms. The summed E-state index contributed by atoms with van der Waals surface area (Å²) in [6, 6.07) is 10.4. The maximum atomic E-state index is 13.8. The van der Waals surface area contributed by atoms with Gasteiger partial charge in [0.1, 0.15) is 11.6 Å². The second-order valence-corrected chi connectivity index (χ2v) is 4.87. The highest BCUT2D eigenvalue weighted by Crippen LogP contribution is 2.25. The first kappa shape index (κ1) is 13.0. The molecule has 4 heteroatoms. The fourth-order valence-electron chi connectivity index (χ4n) is 1.63. The first-order chi connectivity index (χ1) is 8.70. The molecule has 2 aromatic rings. The van der Waals surface area contributed by atoms with E-state index in [0.29, 0.717) is 11.3 Å². The zero-order valence-corrected chi connectivity index (χ0v) is 11.7. The molecular weight excluding hydrogens is 295 g/mol. The number of halogens is 2. The lowest BCUT2D eigenvalue weighted by molar-refractivity contribution is 0.630. The lowest BCUT2D eigenvalue weighted by atomic mass is 10.1. The van der Waals surface area contributed by atoms with E-state index in [1.807, 2.05) is 18.2 Å². The molecule has 0 saturated heterocycles. The summed E-state index contributed by atoms with van der Waals surface area (Å²) in [4.78, 5) is 4.41. The predicted molar refractivity (Wildman–Crippen MR) is 76.1 cm³/mol. The van der Waals surface area contributed by atoms with E-state index in [-0.39, 0.29) is 5.82 Å². The Bertz CT molecular complexity index is 543. The average Bonchev–Trinajstić information content (AvgIpc) is 2.39. The van der Waals surface area contributed by atoms with Crippen molar-refractivity contribution in [3.63, 3.8) is 0 Å². The van der Waals surface area contributed by atoms with Gasteiger partial charge in [-0.05, 0) is 36.8 Å². The minimum atomic E-state index is -0.265. The van der Waals surface area contributed by atoms with E-state index < -0.39 is 0 Å². The SMILES string of the molecule is CCCNc1cccc(-c2cc(Br)ccc2F)n1. The van der Waals surface area contributed by atoms with E-state index in [1.165, 1.54) is 6.07 Å². The smallest absolute Gasteiger partial charge is 0.132 e. The lowest BCUT2D eigenvalue weighted by Gasteiger charge is -2.07. The van der Waals surface area contributed by atoms with Crippen molar-refractivity contribution in [1.82, 2.24) is 4.98 Å². The Morgan fingerprint density at radius 1 is 1.28 bits per heavy atom. The van der Waals surface area contributed by atoms with E-state index in [9.17, 15) is 4.39 Å². The normalized spacial score (nSPS) is 10.4. The van der Waals surface area contributed by atoms with Crippen LogP contribution in [0.2, 0.25) is 0 Å². The van der Waals surface area contributed by atoms with Crippen LogP contribution < -0.4 is 5.32 Å². The van der Waals surface area contributed by atoms with Gasteiger partial charge in [-0.1, -0.05) is 28.9 Å². The Morgan fingerprint density at radius 2 is 2.11 bits per heavy atom. The molecule has 0 atom stereocenters. The maximum absolute atomic E-state index is 13.8. The molecule has 0 amide bonds. The number of nitrogens with zero attached hydrogens (tertiary/aromatic N) is 1. The van der Waals surface area contributed by atoms with Crippen molar-refractivity contribution in [2.75, 3.05) is 11.9 Å². The van der Waals surface area contributed by atoms with Crippen molar-refractivity contribution in [2.45, 2.75) is 13.3 Å². The summed E-state index contributed by atoms with van der Waals surface area (Å²) in [6.45, 7) is 2.95. The minimum Gasteiger partial charge on any atom is -0.370 e. The molecule has 1 aromatic carbocycles. The molecule has 0 aliphatic rings. The summed E-state index contributed by atoms with van der Waals surface area (Å²) < 4.78 is 14.6. The molecule has 2 nitrogen and oxygen atoms in total. The number of rotatable bonds is 4. The summed E-state index contributed by atoms with van der Waals surface area (Å²) in [5.41, 5.74) is 1.14. The van der Waals surface area contributed by atoms with Gasteiger partial charge in [-0.15, -0.1) is 0 Å². The molecule has 0 bridgehead atoms. The van der Waals surface area contributed by atoms with Crippen LogP contribution in [0.25, 0.3) is 11.3 Å². The number of aromatic nitrogens is 1. The Balaban J connectivity index is 2.35. The van der Waals surface area contributed by atoms with Gasteiger partial charge in [0.2, 0.25) is 0 Å². The summed E-state index contributed by atoms with van der Waals surface area (Å²) in [5, 5.41) is 3.19. The monoisotopic (exact) mass is 308 g/mol. The Labute approximate surface area is 114 Å². The maximum Gasteiger partial charge on any atom is 0.132 e. The first-order valence-corrected chi connectivity index (χ1v) is 6.66. The van der Waals surface area contributed by atoms with Crippen LogP contribution in [0.5, 0.6) is 0 Å². The topological polar surface area (TPSA) is 24.9 Å². The van der Waals surface area contributed by atoms with Gasteiger partial charge in [0, 0.05) is 16.6 Å². The standard InChI is InChI=1S/C14H14BrFN2/c1-2-8-17-14-5-3-4-13(18-14)11-9-10(15)6-7-12(11)16/h3-7,9H,2,8H2,1H3,(H,17,18). The molecule has 1 N–H and O–H groups in total. The molecule has 0 unspecified atom stereocenters. The zero-order chi connectivity index (χ0) is 13.0. The molecule has 1 aromatic heterocycles. The van der Waals surface area contributed by atoms with Crippen LogP contribution in [-0.2, 0) is 0 Å². The zero-order valence-electron chi connectivity index (χ0n) is 10.1. The van der Waals surface area contributed by atoms with Gasteiger partial charge in [0.15, 0.2) is 0 Å². The Hall–Kier alpha value is -1.42. The summed E-state index contributed by atoms with van der Waals surface area (Å²) in [6.07, 6.45) is 1.02. The fourth-order valence-corrected chi connectivity index (χ4v) is 1.99. The minimum absolute atomic E-state index is 0.265. The molecular formula is C14H14BrFN2. The molecule has 1 heterocycles. The Kier molecular flexibility index (Phi) is 4.31. The van der Waals surface area contributed by atoms with Crippen molar-refractivity contribution in [1.29, 1.82) is 0 Å². The van der Waals surface area contributed by atoms with Crippen LogP contribution in [0.4, 0.5) is 10.2 Å². The third-order valence-corrected chi connectivity index (χ3v) is 3.00. The van der Waals surface area contributed by atoms with Crippen molar-refractivity contribution < 1.29 is 4.39 Å². The molecule has 94 valence electrons. The van der Waals surface area contributed by atoms with Crippen LogP contribution in [0, 0.1) is 5.82 Å². The van der Waals surface area contributed by atoms with Crippen molar-refractivity contribution in [3.05, 3.63) is 46.7 Å². The average molecular weight is 309 g/mol. The third kappa shape index (κ3) is 3.07. The van der Waals surface area contributed by atoms with E-state index in [2.05, 4.69) is 33.2 Å². The quantitative estimate of drug-likeness (QED) is 0.901. The number of pyridine rings is 1. The van der Waals surface area contributed by atoms with E-state index in [0.717, 1.165) is 23.3 Å². The molecule has 0 aliphatic carbocycles. The lowest BCUT2D eigenvalue weighted by Crippen LogP contribution is -2.02. The van der Waals surface area contributed by atoms with Gasteiger partial charge in [-0.2, -0.15) is 0 Å². The van der Waals surface area contributed by atoms with Gasteiger partial charge < -0.3 is 5.32 Å². The first-order valence-electron chi connectivity index (χ1n) is 5.87. The van der Waals surface area contributed by atoms with Gasteiger partial charge in [-0.3, -0.25) is 0 Å². The van der Waals surface area contributed by atoms with E-state index in [4.69, 9.17) is 0 Å². The molecule has 0 spiro atoms. The molecule has 0 radical (unpaired) electrons. The van der Waals surface area contributed by atoms with Crippen molar-refractivity contribution >= 4 is 21.7 Å². The summed E-state index contributed by atoms with van der Waals surface area (Å²) >= 11 is 3.34. The van der Waals surface area contributed by atoms with Crippen LogP contribution in [0.3, 0.4) is 0 Å². The highest BCUT2D eigenvalue weighted by molar-refractivity contribution is 9.10. The second kappa shape index (κ2) is 5.96. The van der Waals surface area contributed by atoms with Gasteiger partial charge in [-0.25, -0.2) is 9.37 Å². The largest absolute Gasteiger partial charge is 0.370 e. The molecule has 0 aliphatic heterocycles. The number of hydrogen-bond acceptors (Lipinski definition) is 2. The van der Waals surface area contributed by atoms with E-state index in [1.54, 1.807) is 12.1 Å². The number of anilines is 1. The molecule has 2 rings (SSSR count). The van der Waals surface area contributed by atoms with Crippen LogP contribution in [0.15, 0.2) is 40.9 Å². The molecule has 0 fully saturated rings. The van der Waals surface area contributed by atoms with E-state index >= 15 is 0 Å². The van der Waals surface area contributed by atoms with Crippen molar-refractivity contribution in [2.24, 2.45) is 0 Å². The number of nitrogens with one attached hydrogen (secondary N) is 1. The fraction of sp³-hybridized carbons (Fsp3) is 0.214. The Morgan fingerprint density at radius 3 is 2.89 bits per heavy atom. The highest BCUT2D eigenvalue weighted by Gasteiger charge is 2.07. The van der Waals surface area contributed by atoms with Gasteiger partial charge in [0.05, 0.1) is 5.69 Å². The third-order valence-electron chi connectivity index (χ3n) is 2.51. The van der Waals surface area contributed by atoms with Crippen LogP contribution >= 0.6 is 15.9 Å². The molecule has 0 saturated carbocycles. The van der Waals surface area contributed by atoms with Gasteiger partial charge in [0.25, 0.3) is 0 Å². The highest BCUT2D eigenvalue weighted by atomic mass is 79.9. The predicted octanol–water partition coefficient (Wildman–Crippen LogP) is 4.47. The summed E-state index contributed by atoms with van der Waals surface area (Å²) in [7, 11) is 0. The number of benzene rings is 1. The van der Waals surface area contributed by atoms with Crippen LogP contribution in [0.1, 0.15) is 13.3 Å². The van der Waals surface area contributed by atoms with Crippen LogP contribution in [-0.4, -0.2) is 11.5 Å². The number of hydrogen-bond donors (Lipinski definition) is 1. The second-order valence-electron chi connectivity index (χ2n) is 3.96. The van der Waals surface area contributed by atoms with Gasteiger partial charge >= 0.3 is 0 Å².